The molecular formula is C16H20N2O4. The molecule has 2 N–H and O–H groups in total. The van der Waals surface area contributed by atoms with Gasteiger partial charge in [0.1, 0.15) is 0 Å². The molecule has 0 aliphatic rings. The van der Waals surface area contributed by atoms with Gasteiger partial charge in [-0.15, -0.1) is 0 Å². The topological polar surface area (TPSA) is 84.5 Å². The number of amides is 3. The molecule has 0 aromatic heterocycles. The van der Waals surface area contributed by atoms with Crippen molar-refractivity contribution in [2.75, 3.05) is 13.2 Å². The van der Waals surface area contributed by atoms with Crippen molar-refractivity contribution in [2.24, 2.45) is 0 Å². The number of nitrogens with one attached hydrogen (secondary N) is 2. The van der Waals surface area contributed by atoms with Gasteiger partial charge in [-0.05, 0) is 25.0 Å². The van der Waals surface area contributed by atoms with E-state index in [0.717, 1.165) is 17.5 Å². The standard InChI is InChI=1S/C16H20N2O4/c1-3-10-17-16(21)18-14(19)11-22-15(20)9-8-13-6-4-12(2)5-7-13/h4-9H,3,10-11H2,1-2H3,(H2,17,18,19,21)/b9-8+. The summed E-state index contributed by atoms with van der Waals surface area (Å²) in [5.74, 6) is -1.32. The molecule has 0 atom stereocenters. The molecule has 0 aliphatic carbocycles. The highest BCUT2D eigenvalue weighted by molar-refractivity contribution is 5.96. The number of hydrogen-bond acceptors (Lipinski definition) is 4. The quantitative estimate of drug-likeness (QED) is 0.620. The van der Waals surface area contributed by atoms with Crippen LogP contribution in [0.3, 0.4) is 0 Å². The van der Waals surface area contributed by atoms with E-state index in [4.69, 9.17) is 4.74 Å². The van der Waals surface area contributed by atoms with E-state index in [1.807, 2.05) is 38.1 Å². The van der Waals surface area contributed by atoms with Gasteiger partial charge in [0.2, 0.25) is 0 Å². The molecule has 0 saturated carbocycles. The van der Waals surface area contributed by atoms with Gasteiger partial charge in [0.15, 0.2) is 6.61 Å². The van der Waals surface area contributed by atoms with Gasteiger partial charge in [-0.2, -0.15) is 0 Å². The summed E-state index contributed by atoms with van der Waals surface area (Å²) >= 11 is 0. The highest BCUT2D eigenvalue weighted by Gasteiger charge is 2.08. The van der Waals surface area contributed by atoms with Gasteiger partial charge in [0, 0.05) is 12.6 Å². The molecule has 6 heteroatoms. The summed E-state index contributed by atoms with van der Waals surface area (Å²) in [6, 6.07) is 6.98. The Morgan fingerprint density at radius 1 is 1.18 bits per heavy atom. The maximum atomic E-state index is 11.5. The number of esters is 1. The van der Waals surface area contributed by atoms with Gasteiger partial charge < -0.3 is 10.1 Å². The van der Waals surface area contributed by atoms with Crippen LogP contribution < -0.4 is 10.6 Å². The first-order valence-electron chi connectivity index (χ1n) is 7.00. The molecule has 0 fully saturated rings. The van der Waals surface area contributed by atoms with Crippen LogP contribution in [0.25, 0.3) is 6.08 Å². The first-order chi connectivity index (χ1) is 10.5. The first-order valence-corrected chi connectivity index (χ1v) is 7.00. The smallest absolute Gasteiger partial charge is 0.331 e. The van der Waals surface area contributed by atoms with Crippen molar-refractivity contribution in [2.45, 2.75) is 20.3 Å². The third-order valence-electron chi connectivity index (χ3n) is 2.62. The molecule has 1 aromatic rings. The lowest BCUT2D eigenvalue weighted by Crippen LogP contribution is -2.41. The van der Waals surface area contributed by atoms with Crippen molar-refractivity contribution < 1.29 is 19.1 Å². The summed E-state index contributed by atoms with van der Waals surface area (Å²) in [6.45, 7) is 3.83. The maximum absolute atomic E-state index is 11.5. The monoisotopic (exact) mass is 304 g/mol. The number of benzene rings is 1. The van der Waals surface area contributed by atoms with E-state index in [1.165, 1.54) is 6.08 Å². The first kappa shape index (κ1) is 17.4. The summed E-state index contributed by atoms with van der Waals surface area (Å²) in [5.41, 5.74) is 1.98. The molecule has 0 unspecified atom stereocenters. The number of urea groups is 1. The molecule has 118 valence electrons. The van der Waals surface area contributed by atoms with Crippen molar-refractivity contribution >= 4 is 24.0 Å². The van der Waals surface area contributed by atoms with Gasteiger partial charge in [0.05, 0.1) is 0 Å². The molecule has 6 nitrogen and oxygen atoms in total. The summed E-state index contributed by atoms with van der Waals surface area (Å²) in [7, 11) is 0. The largest absolute Gasteiger partial charge is 0.452 e. The van der Waals surface area contributed by atoms with Gasteiger partial charge in [-0.3, -0.25) is 10.1 Å². The van der Waals surface area contributed by atoms with Gasteiger partial charge in [-0.25, -0.2) is 9.59 Å². The average molecular weight is 304 g/mol. The number of imide groups is 1. The van der Waals surface area contributed by atoms with Crippen LogP contribution in [-0.2, 0) is 14.3 Å². The summed E-state index contributed by atoms with van der Waals surface area (Å²) < 4.78 is 4.74. The molecule has 1 rings (SSSR count). The fourth-order valence-corrected chi connectivity index (χ4v) is 1.47. The second kappa shape index (κ2) is 9.33. The van der Waals surface area contributed by atoms with Gasteiger partial charge >= 0.3 is 12.0 Å². The minimum atomic E-state index is -0.675. The molecule has 22 heavy (non-hydrogen) atoms. The van der Waals surface area contributed by atoms with Crippen LogP contribution in [0.5, 0.6) is 0 Å². The molecular weight excluding hydrogens is 284 g/mol. The van der Waals surface area contributed by atoms with Crippen LogP contribution in [0.1, 0.15) is 24.5 Å². The maximum Gasteiger partial charge on any atom is 0.331 e. The summed E-state index contributed by atoms with van der Waals surface area (Å²) in [6.07, 6.45) is 3.59. The van der Waals surface area contributed by atoms with Crippen LogP contribution in [0.15, 0.2) is 30.3 Å². The Morgan fingerprint density at radius 3 is 2.50 bits per heavy atom. The Labute approximate surface area is 129 Å². The zero-order valence-corrected chi connectivity index (χ0v) is 12.7. The number of carbonyl (C=O) groups is 3. The fourth-order valence-electron chi connectivity index (χ4n) is 1.47. The van der Waals surface area contributed by atoms with Crippen molar-refractivity contribution in [1.29, 1.82) is 0 Å². The highest BCUT2D eigenvalue weighted by atomic mass is 16.5. The molecule has 0 bridgehead atoms. The Bertz CT molecular complexity index is 550. The van der Waals surface area contributed by atoms with Crippen molar-refractivity contribution in [1.82, 2.24) is 10.6 Å². The van der Waals surface area contributed by atoms with Crippen molar-refractivity contribution in [3.05, 3.63) is 41.5 Å². The lowest BCUT2D eigenvalue weighted by atomic mass is 10.1. The Kier molecular flexibility index (Phi) is 7.39. The predicted octanol–water partition coefficient (Wildman–Crippen LogP) is 1.79. The van der Waals surface area contributed by atoms with E-state index in [-0.39, 0.29) is 0 Å². The summed E-state index contributed by atoms with van der Waals surface area (Å²) in [4.78, 5) is 34.0. The van der Waals surface area contributed by atoms with E-state index >= 15 is 0 Å². The number of carbonyl (C=O) groups excluding carboxylic acids is 3. The molecule has 3 amide bonds. The van der Waals surface area contributed by atoms with E-state index in [9.17, 15) is 14.4 Å². The zero-order valence-electron chi connectivity index (χ0n) is 12.7. The molecule has 1 aromatic carbocycles. The minimum absolute atomic E-state index is 0.470. The third kappa shape index (κ3) is 7.23. The Balaban J connectivity index is 2.31. The van der Waals surface area contributed by atoms with Crippen LogP contribution in [0.4, 0.5) is 4.79 Å². The molecule has 0 radical (unpaired) electrons. The number of rotatable bonds is 6. The highest BCUT2D eigenvalue weighted by Crippen LogP contribution is 2.04. The zero-order chi connectivity index (χ0) is 16.4. The van der Waals surface area contributed by atoms with E-state index in [2.05, 4.69) is 10.6 Å². The molecule has 0 heterocycles. The van der Waals surface area contributed by atoms with Gasteiger partial charge in [-0.1, -0.05) is 36.8 Å². The molecule has 0 saturated heterocycles. The normalized spacial score (nSPS) is 10.3. The molecule has 0 aliphatic heterocycles. The SMILES string of the molecule is CCCNC(=O)NC(=O)COC(=O)/C=C/c1ccc(C)cc1. The van der Waals surface area contributed by atoms with Crippen LogP contribution in [-0.4, -0.2) is 31.1 Å². The van der Waals surface area contributed by atoms with E-state index < -0.39 is 24.5 Å². The minimum Gasteiger partial charge on any atom is -0.452 e. The Morgan fingerprint density at radius 2 is 1.86 bits per heavy atom. The Hall–Kier alpha value is -2.63. The lowest BCUT2D eigenvalue weighted by Gasteiger charge is -2.05. The number of hydrogen-bond donors (Lipinski definition) is 2. The second-order valence-corrected chi connectivity index (χ2v) is 4.66. The third-order valence-corrected chi connectivity index (χ3v) is 2.62. The fraction of sp³-hybridized carbons (Fsp3) is 0.312. The van der Waals surface area contributed by atoms with Crippen LogP contribution >= 0.6 is 0 Å². The average Bonchev–Trinajstić information content (AvgIpc) is 2.50. The van der Waals surface area contributed by atoms with Crippen molar-refractivity contribution in [3.8, 4) is 0 Å². The van der Waals surface area contributed by atoms with Crippen LogP contribution in [0.2, 0.25) is 0 Å². The summed E-state index contributed by atoms with van der Waals surface area (Å²) in [5, 5.41) is 4.54. The number of aryl methyl sites for hydroxylation is 1. The van der Waals surface area contributed by atoms with E-state index in [0.29, 0.717) is 6.54 Å². The second-order valence-electron chi connectivity index (χ2n) is 4.66. The lowest BCUT2D eigenvalue weighted by molar-refractivity contribution is -0.143. The van der Waals surface area contributed by atoms with Crippen LogP contribution in [0, 0.1) is 6.92 Å². The predicted molar refractivity (Wildman–Crippen MR) is 83.0 cm³/mol. The van der Waals surface area contributed by atoms with Crippen molar-refractivity contribution in [3.63, 3.8) is 0 Å². The van der Waals surface area contributed by atoms with Gasteiger partial charge in [0.25, 0.3) is 5.91 Å². The number of ether oxygens (including phenoxy) is 1. The van der Waals surface area contributed by atoms with E-state index in [1.54, 1.807) is 6.08 Å². The molecule has 0 spiro atoms.